The molecular weight excluding hydrogens is 260 g/mol. The lowest BCUT2D eigenvalue weighted by Gasteiger charge is -2.34. The summed E-state index contributed by atoms with van der Waals surface area (Å²) in [6, 6.07) is 2.04. The van der Waals surface area contributed by atoms with Crippen LogP contribution < -0.4 is 4.90 Å². The van der Waals surface area contributed by atoms with E-state index in [2.05, 4.69) is 39.2 Å². The first-order valence-corrected chi connectivity index (χ1v) is 7.31. The Morgan fingerprint density at radius 3 is 3.21 bits per heavy atom. The predicted molar refractivity (Wildman–Crippen MR) is 77.9 cm³/mol. The van der Waals surface area contributed by atoms with Gasteiger partial charge < -0.3 is 14.5 Å². The Morgan fingerprint density at radius 2 is 2.37 bits per heavy atom. The Balaban J connectivity index is 1.83. The Morgan fingerprint density at radius 1 is 1.47 bits per heavy atom. The van der Waals surface area contributed by atoms with Gasteiger partial charge in [-0.1, -0.05) is 0 Å². The number of aromatic nitrogens is 2. The second-order valence-electron chi connectivity index (χ2n) is 5.03. The first kappa shape index (κ1) is 12.8. The summed E-state index contributed by atoms with van der Waals surface area (Å²) in [4.78, 5) is 13.2. The van der Waals surface area contributed by atoms with Gasteiger partial charge >= 0.3 is 0 Å². The van der Waals surface area contributed by atoms with E-state index < -0.39 is 0 Å². The van der Waals surface area contributed by atoms with Crippen molar-refractivity contribution in [2.24, 2.45) is 0 Å². The van der Waals surface area contributed by atoms with E-state index in [1.54, 1.807) is 17.7 Å². The molecule has 1 aliphatic rings. The van der Waals surface area contributed by atoms with Gasteiger partial charge in [-0.15, -0.1) is 11.3 Å². The maximum absolute atomic E-state index is 5.81. The van der Waals surface area contributed by atoms with Gasteiger partial charge in [-0.25, -0.2) is 9.97 Å². The smallest absolute Gasteiger partial charge is 0.150 e. The van der Waals surface area contributed by atoms with Gasteiger partial charge in [0.1, 0.15) is 12.1 Å². The van der Waals surface area contributed by atoms with Gasteiger partial charge in [-0.05, 0) is 25.5 Å². The number of anilines is 1. The molecule has 1 saturated heterocycles. The summed E-state index contributed by atoms with van der Waals surface area (Å²) in [5, 5.41) is 2.07. The average molecular weight is 278 g/mol. The molecule has 2 aromatic heterocycles. The molecule has 5 nitrogen and oxygen atoms in total. The lowest BCUT2D eigenvalue weighted by molar-refractivity contribution is 0.0246. The van der Waals surface area contributed by atoms with E-state index >= 15 is 0 Å². The van der Waals surface area contributed by atoms with Crippen molar-refractivity contribution in [2.75, 3.05) is 45.2 Å². The Kier molecular flexibility index (Phi) is 3.63. The van der Waals surface area contributed by atoms with Crippen molar-refractivity contribution in [2.45, 2.75) is 6.10 Å². The zero-order chi connectivity index (χ0) is 13.2. The maximum Gasteiger partial charge on any atom is 0.150 e. The van der Waals surface area contributed by atoms with E-state index in [9.17, 15) is 0 Å². The van der Waals surface area contributed by atoms with Crippen LogP contribution >= 0.6 is 11.3 Å². The molecule has 1 atom stereocenters. The fourth-order valence-corrected chi connectivity index (χ4v) is 3.29. The van der Waals surface area contributed by atoms with E-state index in [1.165, 1.54) is 4.70 Å². The molecule has 0 N–H and O–H groups in total. The molecule has 2 aromatic rings. The predicted octanol–water partition coefficient (Wildman–Crippen LogP) is 1.46. The quantitative estimate of drug-likeness (QED) is 0.850. The molecule has 102 valence electrons. The molecule has 0 bridgehead atoms. The molecule has 3 rings (SSSR count). The van der Waals surface area contributed by atoms with Gasteiger partial charge in [0, 0.05) is 19.6 Å². The van der Waals surface area contributed by atoms with Crippen LogP contribution in [0.25, 0.3) is 10.2 Å². The first-order chi connectivity index (χ1) is 9.24. The van der Waals surface area contributed by atoms with Crippen LogP contribution in [0.1, 0.15) is 0 Å². The molecule has 0 saturated carbocycles. The summed E-state index contributed by atoms with van der Waals surface area (Å²) in [6.45, 7) is 3.49. The largest absolute Gasteiger partial charge is 0.373 e. The van der Waals surface area contributed by atoms with Gasteiger partial charge in [-0.2, -0.15) is 0 Å². The zero-order valence-electron chi connectivity index (χ0n) is 11.2. The first-order valence-electron chi connectivity index (χ1n) is 6.43. The van der Waals surface area contributed by atoms with Crippen molar-refractivity contribution >= 4 is 27.4 Å². The standard InChI is InChI=1S/C13H18N4OS/c1-16(2)7-10-8-17(4-5-18-10)13-12-11(3-6-19-12)14-9-15-13/h3,6,9-10H,4-5,7-8H2,1-2H3/t10-/m0/s1. The van der Waals surface area contributed by atoms with Crippen molar-refractivity contribution in [1.29, 1.82) is 0 Å². The number of thiophene rings is 1. The van der Waals surface area contributed by atoms with E-state index in [0.717, 1.165) is 37.6 Å². The average Bonchev–Trinajstić information content (AvgIpc) is 2.86. The second-order valence-corrected chi connectivity index (χ2v) is 5.95. The molecule has 0 aliphatic carbocycles. The second kappa shape index (κ2) is 5.40. The molecule has 19 heavy (non-hydrogen) atoms. The fraction of sp³-hybridized carbons (Fsp3) is 0.538. The van der Waals surface area contributed by atoms with E-state index in [-0.39, 0.29) is 6.10 Å². The van der Waals surface area contributed by atoms with Gasteiger partial charge in [-0.3, -0.25) is 0 Å². The Labute approximate surface area is 116 Å². The molecule has 0 amide bonds. The van der Waals surface area contributed by atoms with Crippen molar-refractivity contribution in [3.05, 3.63) is 17.8 Å². The number of ether oxygens (including phenoxy) is 1. The molecule has 0 radical (unpaired) electrons. The number of morpholine rings is 1. The summed E-state index contributed by atoms with van der Waals surface area (Å²) in [7, 11) is 4.15. The zero-order valence-corrected chi connectivity index (χ0v) is 12.1. The van der Waals surface area contributed by atoms with Crippen molar-refractivity contribution in [3.63, 3.8) is 0 Å². The maximum atomic E-state index is 5.81. The van der Waals surface area contributed by atoms with E-state index in [0.29, 0.717) is 0 Å². The molecule has 1 aliphatic heterocycles. The lowest BCUT2D eigenvalue weighted by Crippen LogP contribution is -2.46. The number of likely N-dealkylation sites (N-methyl/N-ethyl adjacent to an activating group) is 1. The van der Waals surface area contributed by atoms with Crippen LogP contribution in [0.2, 0.25) is 0 Å². The summed E-state index contributed by atoms with van der Waals surface area (Å²) in [5.41, 5.74) is 1.03. The van der Waals surface area contributed by atoms with Crippen LogP contribution in [0.3, 0.4) is 0 Å². The summed E-state index contributed by atoms with van der Waals surface area (Å²) >= 11 is 1.70. The molecule has 1 fully saturated rings. The molecule has 0 spiro atoms. The van der Waals surface area contributed by atoms with Crippen molar-refractivity contribution in [3.8, 4) is 0 Å². The van der Waals surface area contributed by atoms with Gasteiger partial charge in [0.2, 0.25) is 0 Å². The third kappa shape index (κ3) is 2.70. The Hall–Kier alpha value is -1.24. The minimum atomic E-state index is 0.244. The summed E-state index contributed by atoms with van der Waals surface area (Å²) < 4.78 is 6.98. The van der Waals surface area contributed by atoms with Crippen LogP contribution in [-0.4, -0.2) is 61.3 Å². The topological polar surface area (TPSA) is 41.5 Å². The SMILES string of the molecule is CN(C)C[C@H]1CN(c2ncnc3ccsc23)CCO1. The fourth-order valence-electron chi connectivity index (χ4n) is 2.43. The van der Waals surface area contributed by atoms with Crippen LogP contribution in [0.15, 0.2) is 17.8 Å². The molecular formula is C13H18N4OS. The van der Waals surface area contributed by atoms with Crippen LogP contribution in [-0.2, 0) is 4.74 Å². The normalized spacial score (nSPS) is 20.4. The monoisotopic (exact) mass is 278 g/mol. The van der Waals surface area contributed by atoms with E-state index in [4.69, 9.17) is 4.74 Å². The van der Waals surface area contributed by atoms with Gasteiger partial charge in [0.25, 0.3) is 0 Å². The van der Waals surface area contributed by atoms with Crippen molar-refractivity contribution in [1.82, 2.24) is 14.9 Å². The lowest BCUT2D eigenvalue weighted by atomic mass is 10.2. The number of hydrogen-bond acceptors (Lipinski definition) is 6. The minimum Gasteiger partial charge on any atom is -0.373 e. The number of hydrogen-bond donors (Lipinski definition) is 0. The third-order valence-corrected chi connectivity index (χ3v) is 4.13. The van der Waals surface area contributed by atoms with Gasteiger partial charge in [0.15, 0.2) is 0 Å². The molecule has 3 heterocycles. The number of rotatable bonds is 3. The summed E-state index contributed by atoms with van der Waals surface area (Å²) in [5.74, 6) is 1.05. The van der Waals surface area contributed by atoms with Crippen LogP contribution in [0.4, 0.5) is 5.82 Å². The van der Waals surface area contributed by atoms with Crippen LogP contribution in [0, 0.1) is 0 Å². The minimum absolute atomic E-state index is 0.244. The Bertz CT molecular complexity index is 556. The third-order valence-electron chi connectivity index (χ3n) is 3.23. The molecule has 0 aromatic carbocycles. The highest BCUT2D eigenvalue weighted by atomic mass is 32.1. The van der Waals surface area contributed by atoms with Gasteiger partial charge in [0.05, 0.1) is 22.9 Å². The van der Waals surface area contributed by atoms with E-state index in [1.807, 2.05) is 6.07 Å². The number of fused-ring (bicyclic) bond motifs is 1. The highest BCUT2D eigenvalue weighted by molar-refractivity contribution is 7.17. The highest BCUT2D eigenvalue weighted by Gasteiger charge is 2.23. The molecule has 6 heteroatoms. The number of nitrogens with zero attached hydrogens (tertiary/aromatic N) is 4. The van der Waals surface area contributed by atoms with Crippen molar-refractivity contribution < 1.29 is 4.74 Å². The highest BCUT2D eigenvalue weighted by Crippen LogP contribution is 2.28. The molecule has 0 unspecified atom stereocenters. The summed E-state index contributed by atoms with van der Waals surface area (Å²) in [6.07, 6.45) is 1.90. The van der Waals surface area contributed by atoms with Crippen LogP contribution in [0.5, 0.6) is 0 Å².